The van der Waals surface area contributed by atoms with E-state index in [2.05, 4.69) is 64.1 Å². The van der Waals surface area contributed by atoms with E-state index in [1.54, 1.807) is 35.7 Å². The number of hydrogen-bond donors (Lipinski definition) is 1. The van der Waals surface area contributed by atoms with Gasteiger partial charge in [-0.3, -0.25) is 10.1 Å². The molecule has 30 heavy (non-hydrogen) atoms. The highest BCUT2D eigenvalue weighted by Crippen LogP contribution is 2.43. The Balaban J connectivity index is 2.04. The van der Waals surface area contributed by atoms with Crippen molar-refractivity contribution in [1.82, 2.24) is 0 Å². The van der Waals surface area contributed by atoms with Crippen LogP contribution in [0.5, 0.6) is 0 Å². The number of thioether (sulfide) groups is 2. The minimum atomic E-state index is -0.404. The summed E-state index contributed by atoms with van der Waals surface area (Å²) in [6, 6.07) is 19.2. The van der Waals surface area contributed by atoms with Gasteiger partial charge >= 0.3 is 0 Å². The largest absolute Gasteiger partial charge is 0.397 e. The molecule has 2 N–H and O–H groups in total. The molecule has 3 rings (SSSR count). The standard InChI is InChI=1S/C24H24N2O2S2/c1-15-9-16(2)12-21(11-15)29-24(30-22-13-17(3)10-18(4)14-22)23(25)19-5-7-20(8-6-19)26(27)28/h5-14H,25H2,1-4H3. The van der Waals surface area contributed by atoms with Gasteiger partial charge in [0.05, 0.1) is 14.9 Å². The molecule has 3 aromatic carbocycles. The van der Waals surface area contributed by atoms with Crippen LogP contribution in [0.25, 0.3) is 5.70 Å². The Kier molecular flexibility index (Phi) is 6.90. The van der Waals surface area contributed by atoms with Crippen molar-refractivity contribution in [3.8, 4) is 0 Å². The smallest absolute Gasteiger partial charge is 0.269 e. The van der Waals surface area contributed by atoms with Crippen LogP contribution < -0.4 is 5.73 Å². The van der Waals surface area contributed by atoms with Crippen molar-refractivity contribution >= 4 is 34.9 Å². The van der Waals surface area contributed by atoms with Crippen LogP contribution in [0, 0.1) is 37.8 Å². The summed E-state index contributed by atoms with van der Waals surface area (Å²) in [5.41, 5.74) is 12.8. The molecule has 0 amide bonds. The fraction of sp³-hybridized carbons (Fsp3) is 0.167. The molecule has 0 aliphatic rings. The normalized spacial score (nSPS) is 10.7. The highest BCUT2D eigenvalue weighted by Gasteiger charge is 2.13. The summed E-state index contributed by atoms with van der Waals surface area (Å²) >= 11 is 3.24. The van der Waals surface area contributed by atoms with E-state index in [0.29, 0.717) is 5.70 Å². The van der Waals surface area contributed by atoms with Crippen LogP contribution in [0.1, 0.15) is 27.8 Å². The van der Waals surface area contributed by atoms with Gasteiger partial charge in [0, 0.05) is 21.9 Å². The quantitative estimate of drug-likeness (QED) is 0.256. The first kappa shape index (κ1) is 22.0. The van der Waals surface area contributed by atoms with Crippen LogP contribution in [0.4, 0.5) is 5.69 Å². The highest BCUT2D eigenvalue weighted by atomic mass is 32.2. The summed E-state index contributed by atoms with van der Waals surface area (Å²) in [6.45, 7) is 8.32. The Morgan fingerprint density at radius 3 is 1.53 bits per heavy atom. The second kappa shape index (κ2) is 9.41. The van der Waals surface area contributed by atoms with Crippen molar-refractivity contribution in [1.29, 1.82) is 0 Å². The SMILES string of the molecule is Cc1cc(C)cc(SC(Sc2cc(C)cc(C)c2)=C(N)c2ccc([N+](=O)[O-])cc2)c1. The van der Waals surface area contributed by atoms with Gasteiger partial charge in [-0.25, -0.2) is 0 Å². The van der Waals surface area contributed by atoms with E-state index in [9.17, 15) is 10.1 Å². The fourth-order valence-electron chi connectivity index (χ4n) is 3.21. The third-order valence-corrected chi connectivity index (χ3v) is 6.67. The lowest BCUT2D eigenvalue weighted by Gasteiger charge is -2.14. The average Bonchev–Trinajstić information content (AvgIpc) is 2.65. The van der Waals surface area contributed by atoms with Crippen LogP contribution in [-0.2, 0) is 0 Å². The van der Waals surface area contributed by atoms with Gasteiger partial charge < -0.3 is 5.73 Å². The summed E-state index contributed by atoms with van der Waals surface area (Å²) in [4.78, 5) is 12.8. The molecule has 0 aliphatic carbocycles. The molecule has 154 valence electrons. The van der Waals surface area contributed by atoms with Crippen molar-refractivity contribution < 1.29 is 4.92 Å². The van der Waals surface area contributed by atoms with Crippen molar-refractivity contribution in [3.05, 3.63) is 103 Å². The third-order valence-electron chi connectivity index (χ3n) is 4.42. The van der Waals surface area contributed by atoms with Crippen LogP contribution in [0.15, 0.2) is 74.7 Å². The zero-order valence-electron chi connectivity index (χ0n) is 17.4. The first-order valence-corrected chi connectivity index (χ1v) is 11.1. The summed E-state index contributed by atoms with van der Waals surface area (Å²) in [5.74, 6) is 0. The maximum absolute atomic E-state index is 11.0. The van der Waals surface area contributed by atoms with Crippen molar-refractivity contribution in [3.63, 3.8) is 0 Å². The van der Waals surface area contributed by atoms with Crippen LogP contribution in [0.2, 0.25) is 0 Å². The molecule has 0 bridgehead atoms. The lowest BCUT2D eigenvalue weighted by molar-refractivity contribution is -0.384. The molecule has 0 unspecified atom stereocenters. The minimum Gasteiger partial charge on any atom is -0.397 e. The molecule has 0 saturated heterocycles. The van der Waals surface area contributed by atoms with Gasteiger partial charge in [-0.2, -0.15) is 0 Å². The number of rotatable bonds is 6. The van der Waals surface area contributed by atoms with Gasteiger partial charge in [-0.05, 0) is 91.9 Å². The number of non-ortho nitro benzene ring substituents is 1. The number of benzene rings is 3. The lowest BCUT2D eigenvalue weighted by Crippen LogP contribution is -1.99. The zero-order chi connectivity index (χ0) is 21.8. The van der Waals surface area contributed by atoms with Gasteiger partial charge in [0.1, 0.15) is 0 Å². The summed E-state index contributed by atoms with van der Waals surface area (Å²) in [5, 5.41) is 11.0. The molecule has 0 atom stereocenters. The van der Waals surface area contributed by atoms with Crippen molar-refractivity contribution in [2.45, 2.75) is 37.5 Å². The molecule has 0 aromatic heterocycles. The summed E-state index contributed by atoms with van der Waals surface area (Å²) in [7, 11) is 0. The van der Waals surface area contributed by atoms with Gasteiger partial charge in [0.2, 0.25) is 0 Å². The Labute approximate surface area is 185 Å². The van der Waals surface area contributed by atoms with E-state index in [4.69, 9.17) is 5.73 Å². The second-order valence-corrected chi connectivity index (χ2v) is 9.78. The van der Waals surface area contributed by atoms with Gasteiger partial charge in [-0.1, -0.05) is 35.7 Å². The van der Waals surface area contributed by atoms with Gasteiger partial charge in [-0.15, -0.1) is 0 Å². The van der Waals surface area contributed by atoms with Crippen molar-refractivity contribution in [2.75, 3.05) is 0 Å². The second-order valence-electron chi connectivity index (χ2n) is 7.36. The Bertz CT molecular complexity index is 1030. The van der Waals surface area contributed by atoms with Crippen LogP contribution in [-0.4, -0.2) is 4.92 Å². The number of nitrogens with two attached hydrogens (primary N) is 1. The van der Waals surface area contributed by atoms with Crippen LogP contribution >= 0.6 is 23.5 Å². The first-order valence-electron chi connectivity index (χ1n) is 9.48. The molecule has 6 heteroatoms. The summed E-state index contributed by atoms with van der Waals surface area (Å²) < 4.78 is 0.943. The maximum atomic E-state index is 11.0. The number of hydrogen-bond acceptors (Lipinski definition) is 5. The molecule has 0 heterocycles. The molecule has 0 saturated carbocycles. The average molecular weight is 437 g/mol. The van der Waals surface area contributed by atoms with E-state index < -0.39 is 4.92 Å². The molecule has 0 aliphatic heterocycles. The third kappa shape index (κ3) is 5.68. The topological polar surface area (TPSA) is 69.2 Å². The van der Waals surface area contributed by atoms with Crippen LogP contribution in [0.3, 0.4) is 0 Å². The fourth-order valence-corrected chi connectivity index (χ4v) is 5.82. The molecular weight excluding hydrogens is 412 g/mol. The van der Waals surface area contributed by atoms with E-state index in [1.807, 2.05) is 0 Å². The number of nitro groups is 1. The zero-order valence-corrected chi connectivity index (χ0v) is 19.1. The molecule has 4 nitrogen and oxygen atoms in total. The Hall–Kier alpha value is -2.70. The highest BCUT2D eigenvalue weighted by molar-refractivity contribution is 8.22. The lowest BCUT2D eigenvalue weighted by atomic mass is 10.1. The van der Waals surface area contributed by atoms with E-state index in [0.717, 1.165) is 19.6 Å². The van der Waals surface area contributed by atoms with Gasteiger partial charge in [0.25, 0.3) is 5.69 Å². The maximum Gasteiger partial charge on any atom is 0.269 e. The Morgan fingerprint density at radius 2 is 1.17 bits per heavy atom. The molecule has 0 radical (unpaired) electrons. The van der Waals surface area contributed by atoms with Gasteiger partial charge in [0.15, 0.2) is 0 Å². The molecule has 3 aromatic rings. The predicted molar refractivity (Wildman–Crippen MR) is 128 cm³/mol. The minimum absolute atomic E-state index is 0.0528. The first-order chi connectivity index (χ1) is 14.2. The number of aryl methyl sites for hydroxylation is 4. The Morgan fingerprint density at radius 1 is 0.767 bits per heavy atom. The molecule has 0 fully saturated rings. The molecule has 0 spiro atoms. The van der Waals surface area contributed by atoms with E-state index in [-0.39, 0.29) is 5.69 Å². The number of nitro benzene ring substituents is 1. The monoisotopic (exact) mass is 436 g/mol. The number of nitrogens with zero attached hydrogens (tertiary/aromatic N) is 1. The molecular formula is C24H24N2O2S2. The van der Waals surface area contributed by atoms with E-state index in [1.165, 1.54) is 34.4 Å². The van der Waals surface area contributed by atoms with E-state index >= 15 is 0 Å². The summed E-state index contributed by atoms with van der Waals surface area (Å²) in [6.07, 6.45) is 0. The predicted octanol–water partition coefficient (Wildman–Crippen LogP) is 7.00. The van der Waals surface area contributed by atoms with Crippen molar-refractivity contribution in [2.24, 2.45) is 5.73 Å².